The van der Waals surface area contributed by atoms with E-state index in [4.69, 9.17) is 17.3 Å². The Bertz CT molecular complexity index is 452. The number of benzene rings is 1. The number of nitrogens with two attached hydrogens (primary N) is 1. The second-order valence-electron chi connectivity index (χ2n) is 2.69. The molecule has 0 amide bonds. The predicted molar refractivity (Wildman–Crippen MR) is 68.5 cm³/mol. The number of fused-ring (bicyclic) bond motifs is 1. The standard InChI is InChI=1S/C9H7ClINS/c10-4-7-8(12)5-2-1-3-6(11)9(5)13-7/h1-3H,4,12H2. The van der Waals surface area contributed by atoms with Crippen LogP contribution in [0.3, 0.4) is 0 Å². The van der Waals surface area contributed by atoms with Gasteiger partial charge in [0, 0.05) is 13.8 Å². The predicted octanol–water partition coefficient (Wildman–Crippen LogP) is 3.83. The molecule has 2 N–H and O–H groups in total. The zero-order valence-corrected chi connectivity index (χ0v) is 10.4. The highest BCUT2D eigenvalue weighted by Gasteiger charge is 2.09. The van der Waals surface area contributed by atoms with Crippen LogP contribution in [0.25, 0.3) is 10.1 Å². The largest absolute Gasteiger partial charge is 0.397 e. The topological polar surface area (TPSA) is 26.0 Å². The Kier molecular flexibility index (Phi) is 2.67. The molecule has 2 aromatic rings. The molecular weight excluding hydrogens is 317 g/mol. The lowest BCUT2D eigenvalue weighted by molar-refractivity contribution is 1.54. The van der Waals surface area contributed by atoms with E-state index in [1.54, 1.807) is 11.3 Å². The molecule has 1 aromatic carbocycles. The molecular formula is C9H7ClINS. The van der Waals surface area contributed by atoms with Crippen molar-refractivity contribution in [2.24, 2.45) is 0 Å². The maximum atomic E-state index is 5.94. The van der Waals surface area contributed by atoms with E-state index >= 15 is 0 Å². The Morgan fingerprint density at radius 1 is 1.46 bits per heavy atom. The van der Waals surface area contributed by atoms with Gasteiger partial charge in [0.05, 0.1) is 16.3 Å². The molecule has 0 saturated heterocycles. The molecule has 4 heteroatoms. The first-order valence-electron chi connectivity index (χ1n) is 3.75. The first-order chi connectivity index (χ1) is 6.24. The summed E-state index contributed by atoms with van der Waals surface area (Å²) < 4.78 is 2.49. The van der Waals surface area contributed by atoms with Gasteiger partial charge in [-0.1, -0.05) is 12.1 Å². The summed E-state index contributed by atoms with van der Waals surface area (Å²) in [5.41, 5.74) is 6.78. The molecule has 0 radical (unpaired) electrons. The molecule has 0 aliphatic rings. The molecule has 1 nitrogen and oxygen atoms in total. The third-order valence-electron chi connectivity index (χ3n) is 1.90. The monoisotopic (exact) mass is 323 g/mol. The van der Waals surface area contributed by atoms with Crippen molar-refractivity contribution >= 4 is 61.3 Å². The maximum Gasteiger partial charge on any atom is 0.0589 e. The number of anilines is 1. The van der Waals surface area contributed by atoms with Crippen LogP contribution in [0.15, 0.2) is 18.2 Å². The molecule has 0 atom stereocenters. The van der Waals surface area contributed by atoms with Gasteiger partial charge in [-0.25, -0.2) is 0 Å². The van der Waals surface area contributed by atoms with Crippen molar-refractivity contribution in [2.45, 2.75) is 5.88 Å². The molecule has 1 aromatic heterocycles. The van der Waals surface area contributed by atoms with E-state index in [0.717, 1.165) is 16.0 Å². The number of rotatable bonds is 1. The van der Waals surface area contributed by atoms with Crippen LogP contribution in [-0.2, 0) is 5.88 Å². The van der Waals surface area contributed by atoms with Crippen LogP contribution in [-0.4, -0.2) is 0 Å². The average molecular weight is 324 g/mol. The van der Waals surface area contributed by atoms with Crippen molar-refractivity contribution < 1.29 is 0 Å². The third-order valence-corrected chi connectivity index (χ3v) is 4.85. The Balaban J connectivity index is 2.83. The van der Waals surface area contributed by atoms with Crippen molar-refractivity contribution in [2.75, 3.05) is 5.73 Å². The summed E-state index contributed by atoms with van der Waals surface area (Å²) in [6.45, 7) is 0. The van der Waals surface area contributed by atoms with E-state index in [1.165, 1.54) is 8.27 Å². The molecule has 0 aliphatic heterocycles. The van der Waals surface area contributed by atoms with Gasteiger partial charge in [-0.3, -0.25) is 0 Å². The van der Waals surface area contributed by atoms with Crippen molar-refractivity contribution in [1.82, 2.24) is 0 Å². The van der Waals surface area contributed by atoms with Crippen LogP contribution < -0.4 is 5.73 Å². The fourth-order valence-corrected chi connectivity index (χ4v) is 3.36. The van der Waals surface area contributed by atoms with Crippen molar-refractivity contribution in [3.05, 3.63) is 26.6 Å². The van der Waals surface area contributed by atoms with E-state index in [1.807, 2.05) is 12.1 Å². The van der Waals surface area contributed by atoms with Crippen LogP contribution in [0.4, 0.5) is 5.69 Å². The molecule has 68 valence electrons. The minimum Gasteiger partial charge on any atom is -0.397 e. The highest BCUT2D eigenvalue weighted by Crippen LogP contribution is 2.36. The van der Waals surface area contributed by atoms with E-state index in [2.05, 4.69) is 28.7 Å². The highest BCUT2D eigenvalue weighted by molar-refractivity contribution is 14.1. The van der Waals surface area contributed by atoms with Crippen LogP contribution in [0.1, 0.15) is 4.88 Å². The molecule has 0 unspecified atom stereocenters. The van der Waals surface area contributed by atoms with Crippen molar-refractivity contribution in [1.29, 1.82) is 0 Å². The lowest BCUT2D eigenvalue weighted by Crippen LogP contribution is -1.85. The number of hydrogen-bond acceptors (Lipinski definition) is 2. The summed E-state index contributed by atoms with van der Waals surface area (Å²) in [6.07, 6.45) is 0. The van der Waals surface area contributed by atoms with Gasteiger partial charge in [-0.2, -0.15) is 0 Å². The molecule has 2 rings (SSSR count). The average Bonchev–Trinajstić information content (AvgIpc) is 2.45. The molecule has 1 heterocycles. The Morgan fingerprint density at radius 3 is 2.85 bits per heavy atom. The van der Waals surface area contributed by atoms with Gasteiger partial charge >= 0.3 is 0 Å². The number of hydrogen-bond donors (Lipinski definition) is 1. The summed E-state index contributed by atoms with van der Waals surface area (Å²) in [4.78, 5) is 1.07. The second kappa shape index (κ2) is 3.63. The lowest BCUT2D eigenvalue weighted by Gasteiger charge is -1.93. The fraction of sp³-hybridized carbons (Fsp3) is 0.111. The number of alkyl halides is 1. The van der Waals surface area contributed by atoms with Gasteiger partial charge in [0.15, 0.2) is 0 Å². The molecule has 0 spiro atoms. The minimum absolute atomic E-state index is 0.501. The second-order valence-corrected chi connectivity index (χ2v) is 5.22. The van der Waals surface area contributed by atoms with Crippen LogP contribution in [0, 0.1) is 3.57 Å². The molecule has 0 aliphatic carbocycles. The smallest absolute Gasteiger partial charge is 0.0589 e. The zero-order valence-electron chi connectivity index (χ0n) is 6.68. The van der Waals surface area contributed by atoms with Crippen molar-refractivity contribution in [3.63, 3.8) is 0 Å². The van der Waals surface area contributed by atoms with E-state index in [9.17, 15) is 0 Å². The van der Waals surface area contributed by atoms with Gasteiger partial charge in [0.25, 0.3) is 0 Å². The maximum absolute atomic E-state index is 5.94. The molecule has 0 bridgehead atoms. The molecule has 0 fully saturated rings. The summed E-state index contributed by atoms with van der Waals surface area (Å²) in [5, 5.41) is 1.13. The van der Waals surface area contributed by atoms with Gasteiger partial charge in [-0.05, 0) is 28.7 Å². The van der Waals surface area contributed by atoms with Crippen LogP contribution in [0.5, 0.6) is 0 Å². The highest BCUT2D eigenvalue weighted by atomic mass is 127. The van der Waals surface area contributed by atoms with E-state index < -0.39 is 0 Å². The Labute approximate surface area is 99.0 Å². The van der Waals surface area contributed by atoms with Crippen LogP contribution in [0.2, 0.25) is 0 Å². The first kappa shape index (κ1) is 9.55. The van der Waals surface area contributed by atoms with Crippen LogP contribution >= 0.6 is 45.5 Å². The Hall–Kier alpha value is -0.000000000000000111. The van der Waals surface area contributed by atoms with Gasteiger partial charge in [0.1, 0.15) is 0 Å². The summed E-state index contributed by atoms with van der Waals surface area (Å²) in [7, 11) is 0. The summed E-state index contributed by atoms with van der Waals surface area (Å²) in [6, 6.07) is 6.14. The lowest BCUT2D eigenvalue weighted by atomic mass is 10.2. The van der Waals surface area contributed by atoms with Gasteiger partial charge in [0.2, 0.25) is 0 Å². The zero-order chi connectivity index (χ0) is 9.42. The van der Waals surface area contributed by atoms with E-state index in [0.29, 0.717) is 5.88 Å². The fourth-order valence-electron chi connectivity index (χ4n) is 1.25. The normalized spacial score (nSPS) is 10.9. The molecule has 13 heavy (non-hydrogen) atoms. The Morgan fingerprint density at radius 2 is 2.23 bits per heavy atom. The number of halogens is 2. The van der Waals surface area contributed by atoms with Crippen molar-refractivity contribution in [3.8, 4) is 0 Å². The third kappa shape index (κ3) is 1.53. The quantitative estimate of drug-likeness (QED) is 0.626. The van der Waals surface area contributed by atoms with Gasteiger partial charge in [-0.15, -0.1) is 22.9 Å². The van der Waals surface area contributed by atoms with Gasteiger partial charge < -0.3 is 5.73 Å². The minimum atomic E-state index is 0.501. The SMILES string of the molecule is Nc1c(CCl)sc2c(I)cccc12. The summed E-state index contributed by atoms with van der Waals surface area (Å²) >= 11 is 9.79. The molecule has 0 saturated carbocycles. The van der Waals surface area contributed by atoms with E-state index in [-0.39, 0.29) is 0 Å². The number of nitrogen functional groups attached to an aromatic ring is 1. The number of thiophene rings is 1. The first-order valence-corrected chi connectivity index (χ1v) is 6.18. The summed E-state index contributed by atoms with van der Waals surface area (Å²) in [5.74, 6) is 0.501.